The zero-order chi connectivity index (χ0) is 11.4. The third-order valence-electron chi connectivity index (χ3n) is 2.66. The summed E-state index contributed by atoms with van der Waals surface area (Å²) in [6, 6.07) is 3.50. The number of anilines is 1. The molecule has 0 saturated heterocycles. The van der Waals surface area contributed by atoms with Gasteiger partial charge in [-0.25, -0.2) is 0 Å². The average Bonchev–Trinajstić information content (AvgIpc) is 2.75. The SMILES string of the molecule is Nc1scc2c1C(=O)c1c-2ccc(Cl)c1Cl. The lowest BCUT2D eigenvalue weighted by molar-refractivity contribution is 0.104. The second-order valence-electron chi connectivity index (χ2n) is 3.50. The van der Waals surface area contributed by atoms with Crippen molar-refractivity contribution in [1.82, 2.24) is 0 Å². The Morgan fingerprint density at radius 3 is 2.62 bits per heavy atom. The lowest BCUT2D eigenvalue weighted by atomic mass is 10.1. The number of benzene rings is 1. The molecule has 80 valence electrons. The van der Waals surface area contributed by atoms with Crippen LogP contribution in [-0.4, -0.2) is 5.78 Å². The van der Waals surface area contributed by atoms with Crippen molar-refractivity contribution in [3.8, 4) is 11.1 Å². The van der Waals surface area contributed by atoms with Crippen LogP contribution in [-0.2, 0) is 0 Å². The number of fused-ring (bicyclic) bond motifs is 3. The molecular formula is C11H5Cl2NOS. The normalized spacial score (nSPS) is 12.8. The summed E-state index contributed by atoms with van der Waals surface area (Å²) in [5.41, 5.74) is 8.49. The highest BCUT2D eigenvalue weighted by Gasteiger charge is 2.32. The summed E-state index contributed by atoms with van der Waals surface area (Å²) in [5, 5.41) is 3.10. The number of rotatable bonds is 0. The van der Waals surface area contributed by atoms with Gasteiger partial charge < -0.3 is 5.73 Å². The van der Waals surface area contributed by atoms with Gasteiger partial charge in [0.15, 0.2) is 5.78 Å². The van der Waals surface area contributed by atoms with E-state index in [1.165, 1.54) is 11.3 Å². The number of halogens is 2. The molecule has 2 N–H and O–H groups in total. The summed E-state index contributed by atoms with van der Waals surface area (Å²) in [6.07, 6.45) is 0. The van der Waals surface area contributed by atoms with E-state index in [0.29, 0.717) is 26.2 Å². The molecule has 1 aliphatic rings. The van der Waals surface area contributed by atoms with Crippen LogP contribution in [0.25, 0.3) is 11.1 Å². The van der Waals surface area contributed by atoms with Crippen LogP contribution in [0.3, 0.4) is 0 Å². The Balaban J connectivity index is 2.42. The van der Waals surface area contributed by atoms with E-state index in [0.717, 1.165) is 11.1 Å². The molecule has 0 saturated carbocycles. The lowest BCUT2D eigenvalue weighted by Crippen LogP contribution is -1.98. The van der Waals surface area contributed by atoms with Crippen LogP contribution in [0.1, 0.15) is 15.9 Å². The number of ketones is 1. The monoisotopic (exact) mass is 269 g/mol. The first kappa shape index (κ1) is 10.1. The quantitative estimate of drug-likeness (QED) is 0.674. The highest BCUT2D eigenvalue weighted by atomic mass is 35.5. The van der Waals surface area contributed by atoms with Crippen LogP contribution >= 0.6 is 34.5 Å². The van der Waals surface area contributed by atoms with Gasteiger partial charge in [-0.05, 0) is 11.6 Å². The van der Waals surface area contributed by atoms with Gasteiger partial charge in [0.1, 0.15) is 0 Å². The number of hydrogen-bond acceptors (Lipinski definition) is 3. The Morgan fingerprint density at radius 1 is 1.12 bits per heavy atom. The maximum absolute atomic E-state index is 12.1. The molecule has 0 radical (unpaired) electrons. The number of nitrogen functional groups attached to an aromatic ring is 1. The molecule has 16 heavy (non-hydrogen) atoms. The van der Waals surface area contributed by atoms with Crippen LogP contribution in [0.5, 0.6) is 0 Å². The van der Waals surface area contributed by atoms with Crippen molar-refractivity contribution >= 4 is 45.3 Å². The summed E-state index contributed by atoms with van der Waals surface area (Å²) >= 11 is 13.3. The standard InChI is InChI=1S/C11H5Cl2NOS/c12-6-2-1-4-5-3-16-11(14)8(5)10(15)7(4)9(6)13/h1-3H,14H2. The van der Waals surface area contributed by atoms with Crippen molar-refractivity contribution in [3.05, 3.63) is 38.7 Å². The van der Waals surface area contributed by atoms with Crippen LogP contribution in [0.15, 0.2) is 17.5 Å². The molecule has 1 aromatic heterocycles. The van der Waals surface area contributed by atoms with E-state index in [1.807, 2.05) is 5.38 Å². The number of hydrogen-bond donors (Lipinski definition) is 1. The van der Waals surface area contributed by atoms with Gasteiger partial charge in [-0.15, -0.1) is 11.3 Å². The molecule has 1 heterocycles. The molecule has 5 heteroatoms. The summed E-state index contributed by atoms with van der Waals surface area (Å²) in [7, 11) is 0. The largest absolute Gasteiger partial charge is 0.390 e. The predicted octanol–water partition coefficient (Wildman–Crippen LogP) is 3.85. The number of nitrogens with two attached hydrogens (primary N) is 1. The minimum atomic E-state index is -0.128. The highest BCUT2D eigenvalue weighted by Crippen LogP contribution is 2.46. The maximum atomic E-state index is 12.1. The van der Waals surface area contributed by atoms with Gasteiger partial charge in [0, 0.05) is 10.9 Å². The summed E-state index contributed by atoms with van der Waals surface area (Å²) in [6.45, 7) is 0. The molecule has 2 nitrogen and oxygen atoms in total. The minimum absolute atomic E-state index is 0.128. The van der Waals surface area contributed by atoms with Crippen molar-refractivity contribution in [2.24, 2.45) is 0 Å². The molecule has 0 spiro atoms. The Bertz CT molecular complexity index is 633. The van der Waals surface area contributed by atoms with E-state index in [9.17, 15) is 4.79 Å². The van der Waals surface area contributed by atoms with E-state index >= 15 is 0 Å². The van der Waals surface area contributed by atoms with Crippen LogP contribution in [0.2, 0.25) is 10.0 Å². The first-order valence-electron chi connectivity index (χ1n) is 4.51. The predicted molar refractivity (Wildman–Crippen MR) is 67.6 cm³/mol. The molecule has 0 unspecified atom stereocenters. The van der Waals surface area contributed by atoms with Gasteiger partial charge >= 0.3 is 0 Å². The van der Waals surface area contributed by atoms with Crippen molar-refractivity contribution in [3.63, 3.8) is 0 Å². The lowest BCUT2D eigenvalue weighted by Gasteiger charge is -2.02. The fraction of sp³-hybridized carbons (Fsp3) is 0. The molecule has 0 aliphatic heterocycles. The third-order valence-corrected chi connectivity index (χ3v) is 4.27. The molecular weight excluding hydrogens is 265 g/mol. The van der Waals surface area contributed by atoms with Gasteiger partial charge in [0.25, 0.3) is 0 Å². The zero-order valence-electron chi connectivity index (χ0n) is 7.88. The molecule has 2 aromatic rings. The Kier molecular flexibility index (Phi) is 2.05. The Morgan fingerprint density at radius 2 is 1.88 bits per heavy atom. The fourth-order valence-corrected chi connectivity index (χ4v) is 3.15. The molecule has 1 aromatic carbocycles. The van der Waals surface area contributed by atoms with Crippen LogP contribution in [0.4, 0.5) is 5.00 Å². The van der Waals surface area contributed by atoms with Crippen LogP contribution in [0, 0.1) is 0 Å². The maximum Gasteiger partial charge on any atom is 0.198 e. The van der Waals surface area contributed by atoms with Gasteiger partial charge in [-0.1, -0.05) is 29.3 Å². The van der Waals surface area contributed by atoms with Crippen LogP contribution < -0.4 is 5.73 Å². The fourth-order valence-electron chi connectivity index (χ4n) is 1.93. The van der Waals surface area contributed by atoms with E-state index < -0.39 is 0 Å². The molecule has 0 fully saturated rings. The first-order chi connectivity index (χ1) is 7.61. The van der Waals surface area contributed by atoms with E-state index in [2.05, 4.69) is 0 Å². The van der Waals surface area contributed by atoms with Gasteiger partial charge in [0.05, 0.1) is 26.2 Å². The number of carbonyl (C=O) groups excluding carboxylic acids is 1. The molecule has 3 rings (SSSR count). The average molecular weight is 270 g/mol. The van der Waals surface area contributed by atoms with Crippen molar-refractivity contribution < 1.29 is 4.79 Å². The number of carbonyl (C=O) groups is 1. The van der Waals surface area contributed by atoms with Crippen molar-refractivity contribution in [2.45, 2.75) is 0 Å². The zero-order valence-corrected chi connectivity index (χ0v) is 10.2. The van der Waals surface area contributed by atoms with E-state index in [4.69, 9.17) is 28.9 Å². The molecule has 1 aliphatic carbocycles. The number of thiophene rings is 1. The van der Waals surface area contributed by atoms with E-state index in [-0.39, 0.29) is 5.78 Å². The van der Waals surface area contributed by atoms with Crippen molar-refractivity contribution in [2.75, 3.05) is 5.73 Å². The second-order valence-corrected chi connectivity index (χ2v) is 5.20. The summed E-state index contributed by atoms with van der Waals surface area (Å²) < 4.78 is 0. The smallest absolute Gasteiger partial charge is 0.198 e. The second kappa shape index (κ2) is 3.23. The molecule has 0 atom stereocenters. The Labute approximate surface area is 106 Å². The summed E-state index contributed by atoms with van der Waals surface area (Å²) in [5.74, 6) is -0.128. The van der Waals surface area contributed by atoms with E-state index in [1.54, 1.807) is 12.1 Å². The van der Waals surface area contributed by atoms with Gasteiger partial charge in [-0.3, -0.25) is 4.79 Å². The Hall–Kier alpha value is -1.03. The minimum Gasteiger partial charge on any atom is -0.390 e. The van der Waals surface area contributed by atoms with Gasteiger partial charge in [-0.2, -0.15) is 0 Å². The molecule has 0 bridgehead atoms. The first-order valence-corrected chi connectivity index (χ1v) is 6.15. The van der Waals surface area contributed by atoms with Crippen molar-refractivity contribution in [1.29, 1.82) is 0 Å². The third kappa shape index (κ3) is 1.11. The molecule has 0 amide bonds. The van der Waals surface area contributed by atoms with Gasteiger partial charge in [0.2, 0.25) is 0 Å². The highest BCUT2D eigenvalue weighted by molar-refractivity contribution is 7.15. The topological polar surface area (TPSA) is 43.1 Å². The summed E-state index contributed by atoms with van der Waals surface area (Å²) in [4.78, 5) is 12.1.